The van der Waals surface area contributed by atoms with E-state index in [9.17, 15) is 29.3 Å². The first-order valence-corrected chi connectivity index (χ1v) is 12.5. The molecule has 1 fully saturated rings. The Morgan fingerprint density at radius 3 is 2.68 bits per heavy atom. The van der Waals surface area contributed by atoms with Gasteiger partial charge in [-0.2, -0.15) is 9.97 Å². The first-order valence-electron chi connectivity index (χ1n) is 11.0. The van der Waals surface area contributed by atoms with Crippen molar-refractivity contribution in [2.45, 2.75) is 37.5 Å². The molecule has 0 bridgehead atoms. The summed E-state index contributed by atoms with van der Waals surface area (Å²) in [7, 11) is -4.79. The SMILES string of the molecule is Nc1ncn(C2CC(OP(=O)(O)OCC3=C(O)C[C@H](n4cnc5c(=O)[nH]c(N)nc54)O3)[C@@H](CO)O2)c(=O)n1. The maximum atomic E-state index is 12.6. The van der Waals surface area contributed by atoms with Gasteiger partial charge in [-0.05, 0) is 0 Å². The van der Waals surface area contributed by atoms with E-state index >= 15 is 0 Å². The van der Waals surface area contributed by atoms with Crippen LogP contribution in [0.2, 0.25) is 0 Å². The first kappa shape index (κ1) is 25.8. The second-order valence-corrected chi connectivity index (χ2v) is 9.67. The molecule has 3 aromatic rings. The molecule has 5 heterocycles. The fourth-order valence-electron chi connectivity index (χ4n) is 4.02. The highest BCUT2D eigenvalue weighted by Crippen LogP contribution is 2.49. The zero-order valence-electron chi connectivity index (χ0n) is 19.3. The molecule has 0 aliphatic carbocycles. The number of aromatic nitrogens is 7. The number of phosphoric ester groups is 1. The molecule has 2 aliphatic heterocycles. The van der Waals surface area contributed by atoms with Crippen LogP contribution in [-0.2, 0) is 23.1 Å². The van der Waals surface area contributed by atoms with Crippen molar-refractivity contribution in [2.24, 2.45) is 0 Å². The maximum Gasteiger partial charge on any atom is 0.472 e. The average molecular weight is 555 g/mol. The summed E-state index contributed by atoms with van der Waals surface area (Å²) in [5, 5.41) is 19.9. The number of hydrogen-bond acceptors (Lipinski definition) is 15. The summed E-state index contributed by atoms with van der Waals surface area (Å²) >= 11 is 0. The summed E-state index contributed by atoms with van der Waals surface area (Å²) in [4.78, 5) is 51.8. The minimum absolute atomic E-state index is 0.00331. The van der Waals surface area contributed by atoms with E-state index in [1.165, 1.54) is 10.9 Å². The summed E-state index contributed by atoms with van der Waals surface area (Å²) in [5.41, 5.74) is 9.74. The molecule has 3 aromatic heterocycles. The molecule has 5 rings (SSSR count). The van der Waals surface area contributed by atoms with Crippen LogP contribution in [-0.4, -0.2) is 74.6 Å². The minimum atomic E-state index is -4.79. The average Bonchev–Trinajstić information content (AvgIpc) is 3.54. The third-order valence-electron chi connectivity index (χ3n) is 5.77. The van der Waals surface area contributed by atoms with Crippen LogP contribution in [0.15, 0.2) is 33.8 Å². The van der Waals surface area contributed by atoms with E-state index in [0.717, 1.165) is 10.9 Å². The van der Waals surface area contributed by atoms with Crippen LogP contribution in [0, 0.1) is 0 Å². The van der Waals surface area contributed by atoms with Crippen molar-refractivity contribution >= 4 is 30.9 Å². The molecular weight excluding hydrogens is 533 g/mol. The van der Waals surface area contributed by atoms with Gasteiger partial charge in [-0.1, -0.05) is 0 Å². The van der Waals surface area contributed by atoms with Crippen LogP contribution >= 0.6 is 7.82 Å². The molecule has 2 aliphatic rings. The lowest BCUT2D eigenvalue weighted by Crippen LogP contribution is -2.29. The zero-order chi connectivity index (χ0) is 27.2. The van der Waals surface area contributed by atoms with Crippen molar-refractivity contribution in [3.8, 4) is 0 Å². The van der Waals surface area contributed by atoms with Crippen LogP contribution in [0.3, 0.4) is 0 Å². The summed E-state index contributed by atoms with van der Waals surface area (Å²) in [6.45, 7) is -1.26. The number of imidazole rings is 1. The summed E-state index contributed by atoms with van der Waals surface area (Å²) < 4.78 is 36.3. The maximum absolute atomic E-state index is 12.6. The number of aliphatic hydroxyl groups is 2. The van der Waals surface area contributed by atoms with Crippen LogP contribution in [0.4, 0.5) is 11.9 Å². The fourth-order valence-corrected chi connectivity index (χ4v) is 4.93. The van der Waals surface area contributed by atoms with E-state index < -0.39 is 56.9 Å². The number of nitrogens with two attached hydrogens (primary N) is 2. The number of nitrogens with zero attached hydrogens (tertiary/aromatic N) is 6. The molecule has 3 unspecified atom stereocenters. The Labute approximate surface area is 210 Å². The molecule has 0 spiro atoms. The zero-order valence-corrected chi connectivity index (χ0v) is 20.2. The number of nitrogen functional groups attached to an aromatic ring is 2. The molecule has 204 valence electrons. The first-order chi connectivity index (χ1) is 18.0. The fraction of sp³-hybridized carbons (Fsp3) is 0.444. The minimum Gasteiger partial charge on any atom is -0.508 e. The standard InChI is InChI=1S/C18H22N9O10P/c19-16-22-6-27(18(31)25-16)12-2-8(9(3-28)35-12)37-38(32,33)34-4-10-7(29)1-11(36-10)26-5-21-13-14(26)23-17(20)24-15(13)30/h5-6,8-9,11-12,28-29H,1-4H2,(H,32,33)(H2,19,25,31)(H3,20,23,24,30)/t8?,9-,11-,12?/m1/s1. The summed E-state index contributed by atoms with van der Waals surface area (Å²) in [6.07, 6.45) is -1.97. The van der Waals surface area contributed by atoms with Crippen molar-refractivity contribution in [3.05, 3.63) is 45.0 Å². The number of phosphoric acid groups is 1. The third-order valence-corrected chi connectivity index (χ3v) is 6.77. The molecule has 19 nitrogen and oxygen atoms in total. The van der Waals surface area contributed by atoms with Gasteiger partial charge in [0.1, 0.15) is 43.5 Å². The lowest BCUT2D eigenvalue weighted by Gasteiger charge is -2.20. The van der Waals surface area contributed by atoms with Crippen LogP contribution in [0.25, 0.3) is 11.2 Å². The van der Waals surface area contributed by atoms with Crippen molar-refractivity contribution < 1.29 is 38.2 Å². The topological polar surface area (TPSA) is 278 Å². The van der Waals surface area contributed by atoms with Crippen LogP contribution in [0.5, 0.6) is 0 Å². The Morgan fingerprint density at radius 2 is 1.95 bits per heavy atom. The largest absolute Gasteiger partial charge is 0.508 e. The molecule has 5 atom stereocenters. The Balaban J connectivity index is 1.23. The molecule has 0 radical (unpaired) electrons. The molecular formula is C18H22N9O10P. The molecule has 0 amide bonds. The van der Waals surface area contributed by atoms with Gasteiger partial charge < -0.3 is 36.0 Å². The Morgan fingerprint density at radius 1 is 1.18 bits per heavy atom. The number of aromatic amines is 1. The predicted octanol–water partition coefficient (Wildman–Crippen LogP) is -1.59. The third kappa shape index (κ3) is 4.97. The molecule has 20 heteroatoms. The van der Waals surface area contributed by atoms with Gasteiger partial charge in [0.05, 0.1) is 13.0 Å². The van der Waals surface area contributed by atoms with Gasteiger partial charge in [0.25, 0.3) is 5.56 Å². The van der Waals surface area contributed by atoms with Crippen LogP contribution in [0.1, 0.15) is 25.3 Å². The molecule has 8 N–H and O–H groups in total. The van der Waals surface area contributed by atoms with Gasteiger partial charge in [-0.25, -0.2) is 19.3 Å². The molecule has 38 heavy (non-hydrogen) atoms. The van der Waals surface area contributed by atoms with Crippen molar-refractivity contribution in [1.29, 1.82) is 0 Å². The van der Waals surface area contributed by atoms with Crippen molar-refractivity contribution in [3.63, 3.8) is 0 Å². The monoisotopic (exact) mass is 555 g/mol. The number of hydrogen-bond donors (Lipinski definition) is 6. The smallest absolute Gasteiger partial charge is 0.472 e. The second-order valence-electron chi connectivity index (χ2n) is 8.26. The Kier molecular flexibility index (Phi) is 6.63. The highest BCUT2D eigenvalue weighted by Gasteiger charge is 2.42. The lowest BCUT2D eigenvalue weighted by atomic mass is 10.2. The number of fused-ring (bicyclic) bond motifs is 1. The van der Waals surface area contributed by atoms with Crippen molar-refractivity contribution in [1.82, 2.24) is 34.1 Å². The highest BCUT2D eigenvalue weighted by molar-refractivity contribution is 7.47. The van der Waals surface area contributed by atoms with E-state index in [4.69, 9.17) is 30.0 Å². The Bertz CT molecular complexity index is 1570. The van der Waals surface area contributed by atoms with E-state index in [-0.39, 0.29) is 47.4 Å². The normalized spacial score (nSPS) is 25.1. The van der Waals surface area contributed by atoms with Gasteiger partial charge in [-0.15, -0.1) is 0 Å². The molecule has 1 saturated heterocycles. The number of rotatable bonds is 8. The van der Waals surface area contributed by atoms with Gasteiger partial charge in [0.15, 0.2) is 23.2 Å². The quantitative estimate of drug-likeness (QED) is 0.171. The highest BCUT2D eigenvalue weighted by atomic mass is 31.2. The van der Waals surface area contributed by atoms with Gasteiger partial charge >= 0.3 is 13.5 Å². The second kappa shape index (κ2) is 9.78. The lowest BCUT2D eigenvalue weighted by molar-refractivity contribution is -0.0469. The summed E-state index contributed by atoms with van der Waals surface area (Å²) in [6, 6.07) is 0. The summed E-state index contributed by atoms with van der Waals surface area (Å²) in [5.74, 6) is -0.838. The Hall–Kier alpha value is -3.87. The van der Waals surface area contributed by atoms with Gasteiger partial charge in [-0.3, -0.25) is 28.0 Å². The number of nitrogens with one attached hydrogen (secondary N) is 1. The molecule has 0 aromatic carbocycles. The van der Waals surface area contributed by atoms with E-state index in [1.54, 1.807) is 0 Å². The number of ether oxygens (including phenoxy) is 2. The molecule has 0 saturated carbocycles. The van der Waals surface area contributed by atoms with E-state index in [1.807, 2.05) is 0 Å². The number of aliphatic hydroxyl groups excluding tert-OH is 2. The number of anilines is 2. The van der Waals surface area contributed by atoms with Gasteiger partial charge in [0, 0.05) is 6.42 Å². The van der Waals surface area contributed by atoms with E-state index in [2.05, 4.69) is 24.9 Å². The van der Waals surface area contributed by atoms with E-state index in [0.29, 0.717) is 0 Å². The number of H-pyrrole nitrogens is 1. The predicted molar refractivity (Wildman–Crippen MR) is 124 cm³/mol. The van der Waals surface area contributed by atoms with Gasteiger partial charge in [0.2, 0.25) is 11.9 Å². The van der Waals surface area contributed by atoms with Crippen LogP contribution < -0.4 is 22.7 Å². The van der Waals surface area contributed by atoms with Crippen molar-refractivity contribution in [2.75, 3.05) is 24.7 Å².